The molecule has 5 rings (SSSR count). The average molecular weight is 410 g/mol. The summed E-state index contributed by atoms with van der Waals surface area (Å²) in [4.78, 5) is 19.7. The Labute approximate surface area is 172 Å². The van der Waals surface area contributed by atoms with Crippen molar-refractivity contribution in [1.82, 2.24) is 25.1 Å². The molecule has 0 spiro atoms. The highest BCUT2D eigenvalue weighted by Gasteiger charge is 2.29. The zero-order valence-electron chi connectivity index (χ0n) is 16.1. The Morgan fingerprint density at radius 3 is 2.97 bits per heavy atom. The fourth-order valence-electron chi connectivity index (χ4n) is 3.83. The first kappa shape index (κ1) is 18.0. The Bertz CT molecular complexity index is 1240. The lowest BCUT2D eigenvalue weighted by atomic mass is 10.0. The maximum Gasteiger partial charge on any atom is 0.225 e. The van der Waals surface area contributed by atoms with Crippen LogP contribution in [0, 0.1) is 5.92 Å². The zero-order chi connectivity index (χ0) is 20.1. The van der Waals surface area contributed by atoms with Crippen LogP contribution in [0.4, 0.5) is 0 Å². The van der Waals surface area contributed by atoms with Crippen molar-refractivity contribution in [3.8, 4) is 17.3 Å². The molecule has 1 saturated heterocycles. The van der Waals surface area contributed by atoms with Gasteiger partial charge in [-0.05, 0) is 25.1 Å². The number of nitrogens with one attached hydrogen (secondary N) is 2. The Morgan fingerprint density at radius 1 is 1.34 bits per heavy atom. The minimum absolute atomic E-state index is 0.0636. The van der Waals surface area contributed by atoms with Gasteiger partial charge in [-0.25, -0.2) is 4.98 Å². The number of benzene rings is 1. The molecule has 4 heterocycles. The summed E-state index contributed by atoms with van der Waals surface area (Å²) in [6.45, 7) is 2.60. The standard InChI is InChI=1S/C21H20ClN5O2/c1-11(13-7-19(28)23-9-13)29-21-14-10-27(2)26-16(14)8-18(25-21)17-6-12-4-3-5-15(22)20(12)24-17/h3-6,8,10-11,13,24H,7,9H2,1-2H3,(H,23,28)/t11?,13-/m1/s1. The van der Waals surface area contributed by atoms with Gasteiger partial charge in [-0.3, -0.25) is 9.48 Å². The first-order chi connectivity index (χ1) is 14.0. The fraction of sp³-hybridized carbons (Fsp3) is 0.286. The normalized spacial score (nSPS) is 17.8. The van der Waals surface area contributed by atoms with E-state index in [4.69, 9.17) is 21.3 Å². The third-order valence-electron chi connectivity index (χ3n) is 5.43. The monoisotopic (exact) mass is 409 g/mol. The number of aromatic nitrogens is 4. The molecule has 148 valence electrons. The van der Waals surface area contributed by atoms with Crippen molar-refractivity contribution in [1.29, 1.82) is 0 Å². The number of halogens is 1. The number of para-hydroxylation sites is 1. The third-order valence-corrected chi connectivity index (χ3v) is 5.75. The number of aromatic amines is 1. The number of H-pyrrole nitrogens is 1. The molecule has 0 aliphatic carbocycles. The van der Waals surface area contributed by atoms with E-state index >= 15 is 0 Å². The number of carbonyl (C=O) groups excluding carboxylic acids is 1. The Balaban J connectivity index is 1.57. The highest BCUT2D eigenvalue weighted by molar-refractivity contribution is 6.35. The van der Waals surface area contributed by atoms with Gasteiger partial charge < -0.3 is 15.0 Å². The SMILES string of the molecule is CC(Oc1nc(-c2cc3cccc(Cl)c3[nH]2)cc2nn(C)cc12)[C@H]1CNC(=O)C1. The first-order valence-electron chi connectivity index (χ1n) is 9.53. The summed E-state index contributed by atoms with van der Waals surface area (Å²) in [5.41, 5.74) is 3.24. The van der Waals surface area contributed by atoms with Crippen molar-refractivity contribution in [2.75, 3.05) is 6.54 Å². The molecule has 1 unspecified atom stereocenters. The largest absolute Gasteiger partial charge is 0.474 e. The Hall–Kier alpha value is -3.06. The lowest BCUT2D eigenvalue weighted by molar-refractivity contribution is -0.119. The van der Waals surface area contributed by atoms with Crippen molar-refractivity contribution in [2.24, 2.45) is 13.0 Å². The first-order valence-corrected chi connectivity index (χ1v) is 9.91. The van der Waals surface area contributed by atoms with Gasteiger partial charge in [0.2, 0.25) is 11.8 Å². The Kier molecular flexibility index (Phi) is 4.20. The van der Waals surface area contributed by atoms with Crippen LogP contribution in [-0.4, -0.2) is 38.3 Å². The molecular weight excluding hydrogens is 390 g/mol. The van der Waals surface area contributed by atoms with Gasteiger partial charge in [0.25, 0.3) is 0 Å². The van der Waals surface area contributed by atoms with Crippen molar-refractivity contribution >= 4 is 39.3 Å². The molecule has 29 heavy (non-hydrogen) atoms. The molecule has 1 aliphatic rings. The second-order valence-electron chi connectivity index (χ2n) is 7.53. The number of amides is 1. The van der Waals surface area contributed by atoms with Gasteiger partial charge >= 0.3 is 0 Å². The zero-order valence-corrected chi connectivity index (χ0v) is 16.8. The van der Waals surface area contributed by atoms with Crippen LogP contribution < -0.4 is 10.1 Å². The molecule has 2 atom stereocenters. The second kappa shape index (κ2) is 6.77. The van der Waals surface area contributed by atoms with Crippen LogP contribution in [0.5, 0.6) is 5.88 Å². The molecule has 1 aliphatic heterocycles. The summed E-state index contributed by atoms with van der Waals surface area (Å²) in [6, 6.07) is 9.73. The minimum atomic E-state index is -0.155. The van der Waals surface area contributed by atoms with E-state index in [1.807, 2.05) is 50.5 Å². The van der Waals surface area contributed by atoms with E-state index in [0.29, 0.717) is 23.9 Å². The summed E-state index contributed by atoms with van der Waals surface area (Å²) in [6.07, 6.45) is 2.21. The summed E-state index contributed by atoms with van der Waals surface area (Å²) in [7, 11) is 1.87. The van der Waals surface area contributed by atoms with Crippen LogP contribution in [-0.2, 0) is 11.8 Å². The molecule has 0 saturated carbocycles. The van der Waals surface area contributed by atoms with E-state index < -0.39 is 0 Å². The summed E-state index contributed by atoms with van der Waals surface area (Å²) < 4.78 is 7.98. The van der Waals surface area contributed by atoms with E-state index in [1.54, 1.807) is 4.68 Å². The lowest BCUT2D eigenvalue weighted by Crippen LogP contribution is -2.26. The topological polar surface area (TPSA) is 84.8 Å². The van der Waals surface area contributed by atoms with Crippen LogP contribution in [0.25, 0.3) is 33.2 Å². The number of hydrogen-bond donors (Lipinski definition) is 2. The predicted molar refractivity (Wildman–Crippen MR) is 112 cm³/mol. The van der Waals surface area contributed by atoms with E-state index in [0.717, 1.165) is 33.2 Å². The number of aryl methyl sites for hydroxylation is 1. The number of hydrogen-bond acceptors (Lipinski definition) is 4. The molecule has 0 bridgehead atoms. The van der Waals surface area contributed by atoms with Crippen LogP contribution >= 0.6 is 11.6 Å². The number of carbonyl (C=O) groups is 1. The fourth-order valence-corrected chi connectivity index (χ4v) is 4.05. The van der Waals surface area contributed by atoms with Gasteiger partial charge in [-0.15, -0.1) is 0 Å². The van der Waals surface area contributed by atoms with E-state index in [9.17, 15) is 4.79 Å². The summed E-state index contributed by atoms with van der Waals surface area (Å²) >= 11 is 6.32. The molecule has 1 amide bonds. The highest BCUT2D eigenvalue weighted by atomic mass is 35.5. The molecule has 2 N–H and O–H groups in total. The van der Waals surface area contributed by atoms with E-state index in [2.05, 4.69) is 15.4 Å². The maximum absolute atomic E-state index is 11.6. The van der Waals surface area contributed by atoms with Gasteiger partial charge in [0.1, 0.15) is 6.10 Å². The van der Waals surface area contributed by atoms with Crippen LogP contribution in [0.15, 0.2) is 36.5 Å². The van der Waals surface area contributed by atoms with Crippen molar-refractivity contribution in [3.05, 3.63) is 41.6 Å². The maximum atomic E-state index is 11.6. The van der Waals surface area contributed by atoms with Gasteiger partial charge in [-0.2, -0.15) is 5.10 Å². The predicted octanol–water partition coefficient (Wildman–Crippen LogP) is 3.67. The molecule has 1 fully saturated rings. The highest BCUT2D eigenvalue weighted by Crippen LogP contribution is 2.33. The second-order valence-corrected chi connectivity index (χ2v) is 7.93. The van der Waals surface area contributed by atoms with E-state index in [1.165, 1.54) is 0 Å². The molecule has 0 radical (unpaired) electrons. The van der Waals surface area contributed by atoms with Crippen LogP contribution in [0.1, 0.15) is 13.3 Å². The Morgan fingerprint density at radius 2 is 2.21 bits per heavy atom. The number of pyridine rings is 1. The molecule has 3 aromatic heterocycles. The van der Waals surface area contributed by atoms with Gasteiger partial charge in [0.05, 0.1) is 32.8 Å². The van der Waals surface area contributed by atoms with Crippen LogP contribution in [0.2, 0.25) is 5.02 Å². The number of rotatable bonds is 4. The number of ether oxygens (including phenoxy) is 1. The van der Waals surface area contributed by atoms with Gasteiger partial charge in [-0.1, -0.05) is 23.7 Å². The average Bonchev–Trinajstić information content (AvgIpc) is 3.39. The molecule has 1 aromatic carbocycles. The van der Waals surface area contributed by atoms with Crippen LogP contribution in [0.3, 0.4) is 0 Å². The van der Waals surface area contributed by atoms with Gasteiger partial charge in [0, 0.05) is 37.5 Å². The third kappa shape index (κ3) is 3.21. The van der Waals surface area contributed by atoms with Crippen molar-refractivity contribution in [2.45, 2.75) is 19.4 Å². The summed E-state index contributed by atoms with van der Waals surface area (Å²) in [5, 5.41) is 9.92. The molecule has 7 nitrogen and oxygen atoms in total. The minimum Gasteiger partial charge on any atom is -0.474 e. The quantitative estimate of drug-likeness (QED) is 0.538. The van der Waals surface area contributed by atoms with Gasteiger partial charge in [0.15, 0.2) is 0 Å². The smallest absolute Gasteiger partial charge is 0.225 e. The number of nitrogens with zero attached hydrogens (tertiary/aromatic N) is 3. The summed E-state index contributed by atoms with van der Waals surface area (Å²) in [5.74, 6) is 0.697. The lowest BCUT2D eigenvalue weighted by Gasteiger charge is -2.19. The number of fused-ring (bicyclic) bond motifs is 2. The molecule has 8 heteroatoms. The molecule has 4 aromatic rings. The molecular formula is C21H20ClN5O2. The van der Waals surface area contributed by atoms with Crippen molar-refractivity contribution in [3.63, 3.8) is 0 Å². The van der Waals surface area contributed by atoms with E-state index in [-0.39, 0.29) is 17.9 Å². The van der Waals surface area contributed by atoms with Crippen molar-refractivity contribution < 1.29 is 9.53 Å².